The molecule has 0 radical (unpaired) electrons. The number of nitrogens with one attached hydrogen (secondary N) is 1. The summed E-state index contributed by atoms with van der Waals surface area (Å²) in [6, 6.07) is 13.6. The highest BCUT2D eigenvalue weighted by Gasteiger charge is 2.15. The van der Waals surface area contributed by atoms with Gasteiger partial charge < -0.3 is 9.72 Å². The van der Waals surface area contributed by atoms with Crippen LogP contribution in [0.2, 0.25) is 0 Å². The topological polar surface area (TPSA) is 59.2 Å². The van der Waals surface area contributed by atoms with E-state index in [2.05, 4.69) is 11.9 Å². The lowest BCUT2D eigenvalue weighted by Crippen LogP contribution is -2.15. The van der Waals surface area contributed by atoms with E-state index in [1.54, 1.807) is 6.20 Å². The van der Waals surface area contributed by atoms with E-state index in [9.17, 15) is 9.59 Å². The van der Waals surface area contributed by atoms with Gasteiger partial charge in [0.25, 0.3) is 0 Å². The van der Waals surface area contributed by atoms with Gasteiger partial charge in [0.05, 0.1) is 6.42 Å². The highest BCUT2D eigenvalue weighted by atomic mass is 16.5. The molecule has 0 amide bonds. The summed E-state index contributed by atoms with van der Waals surface area (Å²) in [5.41, 5.74) is 4.71. The van der Waals surface area contributed by atoms with Crippen LogP contribution in [-0.2, 0) is 22.4 Å². The Balaban J connectivity index is 1.64. The molecule has 0 saturated carbocycles. The average molecular weight is 335 g/mol. The first kappa shape index (κ1) is 17.0. The number of benzene rings is 2. The predicted molar refractivity (Wildman–Crippen MR) is 97.8 cm³/mol. The number of aromatic nitrogens is 1. The maximum Gasteiger partial charge on any atom is 0.310 e. The number of fused-ring (bicyclic) bond motifs is 1. The second kappa shape index (κ2) is 7.34. The maximum absolute atomic E-state index is 12.4. The van der Waals surface area contributed by atoms with Gasteiger partial charge in [0.1, 0.15) is 0 Å². The summed E-state index contributed by atoms with van der Waals surface area (Å²) < 4.78 is 5.16. The molecule has 0 fully saturated rings. The molecular formula is C21H21NO3. The van der Waals surface area contributed by atoms with Gasteiger partial charge in [-0.3, -0.25) is 9.59 Å². The van der Waals surface area contributed by atoms with E-state index < -0.39 is 5.97 Å². The molecule has 4 heteroatoms. The van der Waals surface area contributed by atoms with E-state index in [0.717, 1.165) is 34.0 Å². The molecule has 0 aliphatic rings. The van der Waals surface area contributed by atoms with Crippen LogP contribution < -0.4 is 0 Å². The van der Waals surface area contributed by atoms with Crippen molar-refractivity contribution in [3.8, 4) is 0 Å². The number of hydrogen-bond acceptors (Lipinski definition) is 3. The van der Waals surface area contributed by atoms with Crippen LogP contribution in [0.3, 0.4) is 0 Å². The normalized spacial score (nSPS) is 10.8. The van der Waals surface area contributed by atoms with E-state index in [0.29, 0.717) is 5.56 Å². The smallest absolute Gasteiger partial charge is 0.310 e. The highest BCUT2D eigenvalue weighted by Crippen LogP contribution is 2.22. The number of carbonyl (C=O) groups excluding carboxylic acids is 2. The molecule has 3 aromatic rings. The van der Waals surface area contributed by atoms with Crippen LogP contribution in [0.1, 0.15) is 34.0 Å². The van der Waals surface area contributed by atoms with E-state index in [1.165, 1.54) is 0 Å². The molecule has 3 rings (SSSR count). The number of H-pyrrole nitrogens is 1. The van der Waals surface area contributed by atoms with Gasteiger partial charge in [0.15, 0.2) is 6.61 Å². The summed E-state index contributed by atoms with van der Waals surface area (Å²) >= 11 is 0. The van der Waals surface area contributed by atoms with Gasteiger partial charge in [-0.05, 0) is 24.5 Å². The van der Waals surface area contributed by atoms with Crippen molar-refractivity contribution >= 4 is 22.7 Å². The fourth-order valence-electron chi connectivity index (χ4n) is 2.89. The lowest BCUT2D eigenvalue weighted by atomic mass is 10.1. The minimum absolute atomic E-state index is 0.168. The van der Waals surface area contributed by atoms with Crippen LogP contribution >= 0.6 is 0 Å². The predicted octanol–water partition coefficient (Wildman–Crippen LogP) is 4.01. The number of aromatic amines is 1. The molecule has 128 valence electrons. The number of Topliss-reactive ketones (excluding diaryl/α,β-unsaturated/α-hetero) is 1. The van der Waals surface area contributed by atoms with E-state index in [-0.39, 0.29) is 18.8 Å². The molecule has 1 N–H and O–H groups in total. The Morgan fingerprint density at radius 1 is 1.08 bits per heavy atom. The lowest BCUT2D eigenvalue weighted by Gasteiger charge is -2.05. The molecule has 0 aliphatic carbocycles. The van der Waals surface area contributed by atoms with Crippen LogP contribution in [-0.4, -0.2) is 23.3 Å². The van der Waals surface area contributed by atoms with Crippen LogP contribution in [0.25, 0.3) is 10.9 Å². The fraction of sp³-hybridized carbons (Fsp3) is 0.238. The van der Waals surface area contributed by atoms with Crippen LogP contribution in [0.15, 0.2) is 48.7 Å². The van der Waals surface area contributed by atoms with E-state index in [1.807, 2.05) is 49.4 Å². The summed E-state index contributed by atoms with van der Waals surface area (Å²) in [7, 11) is 0. The van der Waals surface area contributed by atoms with Gasteiger partial charge >= 0.3 is 5.97 Å². The molecule has 0 atom stereocenters. The fourth-order valence-corrected chi connectivity index (χ4v) is 2.89. The SMILES string of the molecule is CCc1cccc2c(C(=O)COC(=O)Cc3ccc(C)cc3)c[nH]c12. The second-order valence-corrected chi connectivity index (χ2v) is 6.14. The summed E-state index contributed by atoms with van der Waals surface area (Å²) in [4.78, 5) is 27.5. The van der Waals surface area contributed by atoms with E-state index >= 15 is 0 Å². The van der Waals surface area contributed by atoms with Gasteiger partial charge in [0, 0.05) is 22.7 Å². The van der Waals surface area contributed by atoms with Crippen LogP contribution in [0, 0.1) is 6.92 Å². The summed E-state index contributed by atoms with van der Waals surface area (Å²) in [6.45, 7) is 3.82. The number of para-hydroxylation sites is 1. The van der Waals surface area contributed by atoms with E-state index in [4.69, 9.17) is 4.74 Å². The molecule has 4 nitrogen and oxygen atoms in total. The van der Waals surface area contributed by atoms with Crippen molar-refractivity contribution in [2.75, 3.05) is 6.61 Å². The van der Waals surface area contributed by atoms with Gasteiger partial charge in [-0.25, -0.2) is 0 Å². The quantitative estimate of drug-likeness (QED) is 0.547. The zero-order valence-corrected chi connectivity index (χ0v) is 14.5. The Labute approximate surface area is 146 Å². The Kier molecular flexibility index (Phi) is 4.98. The second-order valence-electron chi connectivity index (χ2n) is 6.14. The maximum atomic E-state index is 12.4. The molecular weight excluding hydrogens is 314 g/mol. The number of rotatable bonds is 6. The minimum atomic E-state index is -0.397. The third kappa shape index (κ3) is 3.79. The Hall–Kier alpha value is -2.88. The van der Waals surface area contributed by atoms with Gasteiger partial charge in [-0.15, -0.1) is 0 Å². The molecule has 0 spiro atoms. The third-order valence-electron chi connectivity index (χ3n) is 4.32. The first-order chi connectivity index (χ1) is 12.1. The first-order valence-corrected chi connectivity index (χ1v) is 8.42. The number of aryl methyl sites for hydroxylation is 2. The van der Waals surface area contributed by atoms with Gasteiger partial charge in [0.2, 0.25) is 5.78 Å². The summed E-state index contributed by atoms with van der Waals surface area (Å²) in [5.74, 6) is -0.594. The highest BCUT2D eigenvalue weighted by molar-refractivity contribution is 6.09. The first-order valence-electron chi connectivity index (χ1n) is 8.42. The summed E-state index contributed by atoms with van der Waals surface area (Å²) in [5, 5.41) is 0.874. The molecule has 1 aromatic heterocycles. The van der Waals surface area contributed by atoms with Crippen molar-refractivity contribution in [1.29, 1.82) is 0 Å². The molecule has 0 unspecified atom stereocenters. The van der Waals surface area contributed by atoms with Crippen molar-refractivity contribution < 1.29 is 14.3 Å². The van der Waals surface area contributed by atoms with Crippen molar-refractivity contribution in [3.05, 3.63) is 70.9 Å². The van der Waals surface area contributed by atoms with Crippen LogP contribution in [0.5, 0.6) is 0 Å². The average Bonchev–Trinajstić information content (AvgIpc) is 3.06. The van der Waals surface area contributed by atoms with Crippen molar-refractivity contribution in [2.45, 2.75) is 26.7 Å². The molecule has 25 heavy (non-hydrogen) atoms. The van der Waals surface area contributed by atoms with Crippen LogP contribution in [0.4, 0.5) is 0 Å². The number of hydrogen-bond donors (Lipinski definition) is 1. The number of ketones is 1. The minimum Gasteiger partial charge on any atom is -0.457 e. The molecule has 1 heterocycles. The number of carbonyl (C=O) groups is 2. The zero-order valence-electron chi connectivity index (χ0n) is 14.5. The van der Waals surface area contributed by atoms with Gasteiger partial charge in [-0.2, -0.15) is 0 Å². The largest absolute Gasteiger partial charge is 0.457 e. The lowest BCUT2D eigenvalue weighted by molar-refractivity contribution is -0.141. The standard InChI is InChI=1S/C21H21NO3/c1-3-16-5-4-6-17-18(12-22-21(16)17)19(23)13-25-20(24)11-15-9-7-14(2)8-10-15/h4-10,12,22H,3,11,13H2,1-2H3. The Morgan fingerprint density at radius 3 is 2.56 bits per heavy atom. The van der Waals surface area contributed by atoms with Crippen molar-refractivity contribution in [3.63, 3.8) is 0 Å². The third-order valence-corrected chi connectivity index (χ3v) is 4.32. The van der Waals surface area contributed by atoms with Crippen molar-refractivity contribution in [1.82, 2.24) is 4.98 Å². The number of esters is 1. The van der Waals surface area contributed by atoms with Crippen molar-refractivity contribution in [2.24, 2.45) is 0 Å². The number of ether oxygens (including phenoxy) is 1. The molecule has 0 bridgehead atoms. The molecule has 2 aromatic carbocycles. The monoisotopic (exact) mass is 335 g/mol. The summed E-state index contributed by atoms with van der Waals surface area (Å²) in [6.07, 6.45) is 2.75. The Morgan fingerprint density at radius 2 is 1.84 bits per heavy atom. The molecule has 0 saturated heterocycles. The Bertz CT molecular complexity index is 907. The zero-order chi connectivity index (χ0) is 17.8. The molecule has 0 aliphatic heterocycles. The van der Waals surface area contributed by atoms with Gasteiger partial charge in [-0.1, -0.05) is 55.0 Å².